The van der Waals surface area contributed by atoms with Gasteiger partial charge in [0.25, 0.3) is 5.91 Å². The second-order valence-electron chi connectivity index (χ2n) is 5.39. The van der Waals surface area contributed by atoms with Gasteiger partial charge in [0.05, 0.1) is 0 Å². The van der Waals surface area contributed by atoms with Crippen LogP contribution in [0.2, 0.25) is 0 Å². The highest BCUT2D eigenvalue weighted by molar-refractivity contribution is 5.97. The van der Waals surface area contributed by atoms with Crippen molar-refractivity contribution < 1.29 is 14.7 Å². The number of hydrogen-bond donors (Lipinski definition) is 2. The lowest BCUT2D eigenvalue weighted by Gasteiger charge is -2.30. The summed E-state index contributed by atoms with van der Waals surface area (Å²) in [6.45, 7) is 3.82. The lowest BCUT2D eigenvalue weighted by atomic mass is 10.0. The van der Waals surface area contributed by atoms with Crippen LogP contribution in [0.1, 0.15) is 25.3 Å². The van der Waals surface area contributed by atoms with Crippen LogP contribution in [0.25, 0.3) is 0 Å². The third-order valence-corrected chi connectivity index (χ3v) is 3.63. The number of nitrogens with two attached hydrogens (primary N) is 1. The highest BCUT2D eigenvalue weighted by Gasteiger charge is 2.21. The molecule has 1 atom stereocenters. The number of piperidine rings is 1. The van der Waals surface area contributed by atoms with E-state index in [0.29, 0.717) is 17.2 Å². The van der Waals surface area contributed by atoms with Crippen molar-refractivity contribution in [3.8, 4) is 5.75 Å². The average Bonchev–Trinajstić information content (AvgIpc) is 2.52. The molecule has 6 heteroatoms. The van der Waals surface area contributed by atoms with Gasteiger partial charge in [0.15, 0.2) is 12.4 Å². The Labute approximate surface area is 124 Å². The molecule has 2 rings (SSSR count). The number of likely N-dealkylation sites (tertiary alicyclic amines) is 1. The van der Waals surface area contributed by atoms with Gasteiger partial charge in [0, 0.05) is 18.7 Å². The Morgan fingerprint density at radius 2 is 2.19 bits per heavy atom. The van der Waals surface area contributed by atoms with Gasteiger partial charge >= 0.3 is 0 Å². The molecule has 1 aromatic carbocycles. The van der Waals surface area contributed by atoms with Crippen molar-refractivity contribution in [2.24, 2.45) is 16.8 Å². The molecule has 0 radical (unpaired) electrons. The van der Waals surface area contributed by atoms with Crippen molar-refractivity contribution in [2.45, 2.75) is 19.8 Å². The smallest absolute Gasteiger partial charge is 0.260 e. The van der Waals surface area contributed by atoms with Crippen LogP contribution in [0.15, 0.2) is 29.4 Å². The molecule has 3 N–H and O–H groups in total. The fourth-order valence-corrected chi connectivity index (χ4v) is 2.43. The molecule has 1 saturated heterocycles. The van der Waals surface area contributed by atoms with Crippen molar-refractivity contribution >= 4 is 11.7 Å². The maximum Gasteiger partial charge on any atom is 0.260 e. The number of hydrogen-bond acceptors (Lipinski definition) is 4. The Hall–Kier alpha value is -2.24. The van der Waals surface area contributed by atoms with E-state index in [-0.39, 0.29) is 18.3 Å². The van der Waals surface area contributed by atoms with E-state index in [0.717, 1.165) is 19.5 Å². The molecule has 1 aliphatic rings. The minimum Gasteiger partial charge on any atom is -0.484 e. The van der Waals surface area contributed by atoms with E-state index in [4.69, 9.17) is 15.7 Å². The van der Waals surface area contributed by atoms with Gasteiger partial charge in [0.1, 0.15) is 5.75 Å². The first-order valence-electron chi connectivity index (χ1n) is 7.08. The van der Waals surface area contributed by atoms with Crippen LogP contribution >= 0.6 is 0 Å². The normalized spacial score (nSPS) is 19.4. The SMILES string of the molecule is CC1CCCN(C(=O)COc2ccc(/C(N)=N/O)cc2)C1. The molecule has 114 valence electrons. The number of ether oxygens (including phenoxy) is 1. The van der Waals surface area contributed by atoms with Crippen LogP contribution in [0.3, 0.4) is 0 Å². The maximum atomic E-state index is 12.1. The molecule has 1 aliphatic heterocycles. The quantitative estimate of drug-likeness (QED) is 0.380. The lowest BCUT2D eigenvalue weighted by Crippen LogP contribution is -2.41. The fourth-order valence-electron chi connectivity index (χ4n) is 2.43. The topological polar surface area (TPSA) is 88.2 Å². The monoisotopic (exact) mass is 291 g/mol. The number of carbonyl (C=O) groups excluding carboxylic acids is 1. The largest absolute Gasteiger partial charge is 0.484 e. The molecule has 0 spiro atoms. The van der Waals surface area contributed by atoms with Crippen molar-refractivity contribution in [1.82, 2.24) is 4.90 Å². The zero-order chi connectivity index (χ0) is 15.2. The predicted octanol–water partition coefficient (Wildman–Crippen LogP) is 1.42. The number of carbonyl (C=O) groups is 1. The van der Waals surface area contributed by atoms with Crippen molar-refractivity contribution in [3.05, 3.63) is 29.8 Å². The summed E-state index contributed by atoms with van der Waals surface area (Å²) in [7, 11) is 0. The van der Waals surface area contributed by atoms with Crippen LogP contribution in [0, 0.1) is 5.92 Å². The van der Waals surface area contributed by atoms with Gasteiger partial charge in [-0.2, -0.15) is 0 Å². The minimum absolute atomic E-state index is 0.0158. The molecule has 1 amide bonds. The first-order valence-corrected chi connectivity index (χ1v) is 7.08. The highest BCUT2D eigenvalue weighted by Crippen LogP contribution is 2.16. The van der Waals surface area contributed by atoms with Gasteiger partial charge in [-0.3, -0.25) is 4.79 Å². The van der Waals surface area contributed by atoms with Crippen LogP contribution < -0.4 is 10.5 Å². The van der Waals surface area contributed by atoms with E-state index in [9.17, 15) is 4.79 Å². The Kier molecular flexibility index (Phi) is 5.03. The summed E-state index contributed by atoms with van der Waals surface area (Å²) in [4.78, 5) is 13.9. The van der Waals surface area contributed by atoms with Gasteiger partial charge in [-0.05, 0) is 43.0 Å². The van der Waals surface area contributed by atoms with Gasteiger partial charge < -0.3 is 20.6 Å². The van der Waals surface area contributed by atoms with E-state index in [2.05, 4.69) is 12.1 Å². The van der Waals surface area contributed by atoms with Crippen molar-refractivity contribution in [3.63, 3.8) is 0 Å². The average molecular weight is 291 g/mol. The molecular weight excluding hydrogens is 270 g/mol. The number of oxime groups is 1. The van der Waals surface area contributed by atoms with E-state index in [1.54, 1.807) is 24.3 Å². The Bertz CT molecular complexity index is 513. The molecule has 0 bridgehead atoms. The number of rotatable bonds is 4. The van der Waals surface area contributed by atoms with E-state index in [1.807, 2.05) is 4.90 Å². The molecule has 1 unspecified atom stereocenters. The lowest BCUT2D eigenvalue weighted by molar-refractivity contribution is -0.135. The van der Waals surface area contributed by atoms with E-state index in [1.165, 1.54) is 6.42 Å². The molecule has 0 aliphatic carbocycles. The molecule has 1 heterocycles. The van der Waals surface area contributed by atoms with Crippen LogP contribution in [0.4, 0.5) is 0 Å². The summed E-state index contributed by atoms with van der Waals surface area (Å²) in [5.74, 6) is 1.20. The number of amidine groups is 1. The van der Waals surface area contributed by atoms with Gasteiger partial charge in [-0.1, -0.05) is 12.1 Å². The predicted molar refractivity (Wildman–Crippen MR) is 79.4 cm³/mol. The third-order valence-electron chi connectivity index (χ3n) is 3.63. The summed E-state index contributed by atoms with van der Waals surface area (Å²) in [5, 5.41) is 11.5. The maximum absolute atomic E-state index is 12.1. The zero-order valence-corrected chi connectivity index (χ0v) is 12.2. The van der Waals surface area contributed by atoms with Crippen LogP contribution in [-0.4, -0.2) is 41.5 Å². The zero-order valence-electron chi connectivity index (χ0n) is 12.2. The number of nitrogens with zero attached hydrogens (tertiary/aromatic N) is 2. The third kappa shape index (κ3) is 4.11. The molecule has 0 saturated carbocycles. The van der Waals surface area contributed by atoms with Crippen molar-refractivity contribution in [2.75, 3.05) is 19.7 Å². The van der Waals surface area contributed by atoms with Crippen molar-refractivity contribution in [1.29, 1.82) is 0 Å². The summed E-state index contributed by atoms with van der Waals surface area (Å²) >= 11 is 0. The molecular formula is C15H21N3O3. The molecule has 6 nitrogen and oxygen atoms in total. The summed E-state index contributed by atoms with van der Waals surface area (Å²) in [6.07, 6.45) is 2.24. The second-order valence-corrected chi connectivity index (χ2v) is 5.39. The van der Waals surface area contributed by atoms with Crippen LogP contribution in [-0.2, 0) is 4.79 Å². The summed E-state index contributed by atoms with van der Waals surface area (Å²) in [6, 6.07) is 6.74. The minimum atomic E-state index is 0.0158. The van der Waals surface area contributed by atoms with E-state index >= 15 is 0 Å². The van der Waals surface area contributed by atoms with Gasteiger partial charge in [0.2, 0.25) is 0 Å². The summed E-state index contributed by atoms with van der Waals surface area (Å²) in [5.41, 5.74) is 6.07. The fraction of sp³-hybridized carbons (Fsp3) is 0.467. The molecule has 1 aromatic rings. The second kappa shape index (κ2) is 6.97. The number of amides is 1. The van der Waals surface area contributed by atoms with Gasteiger partial charge in [-0.25, -0.2) is 0 Å². The Balaban J connectivity index is 1.86. The molecule has 21 heavy (non-hydrogen) atoms. The molecule has 1 fully saturated rings. The first kappa shape index (κ1) is 15.2. The first-order chi connectivity index (χ1) is 10.1. The standard InChI is InChI=1S/C15H21N3O3/c1-11-3-2-8-18(9-11)14(19)10-21-13-6-4-12(5-7-13)15(16)17-20/h4-7,11,20H,2-3,8-10H2,1H3,(H2,16,17). The van der Waals surface area contributed by atoms with Crippen LogP contribution in [0.5, 0.6) is 5.75 Å². The molecule has 0 aromatic heterocycles. The highest BCUT2D eigenvalue weighted by atomic mass is 16.5. The Morgan fingerprint density at radius 1 is 1.48 bits per heavy atom. The Morgan fingerprint density at radius 3 is 2.81 bits per heavy atom. The summed E-state index contributed by atoms with van der Waals surface area (Å²) < 4.78 is 5.49. The van der Waals surface area contributed by atoms with E-state index < -0.39 is 0 Å². The number of benzene rings is 1. The van der Waals surface area contributed by atoms with Gasteiger partial charge in [-0.15, -0.1) is 0 Å².